The summed E-state index contributed by atoms with van der Waals surface area (Å²) in [6.07, 6.45) is 4.84. The van der Waals surface area contributed by atoms with Crippen LogP contribution in [0, 0.1) is 0 Å². The Bertz CT molecular complexity index is 327. The molecule has 4 heteroatoms. The quantitative estimate of drug-likeness (QED) is 0.802. The minimum absolute atomic E-state index is 0.405. The van der Waals surface area contributed by atoms with Crippen LogP contribution in [-0.2, 0) is 0 Å². The van der Waals surface area contributed by atoms with Gasteiger partial charge in [0.15, 0.2) is 0 Å². The predicted octanol–water partition coefficient (Wildman–Crippen LogP) is 0.636. The SMILES string of the molecule is CNC(CC1CN(C)CCN1)c1ccncc1. The van der Waals surface area contributed by atoms with Gasteiger partial charge in [-0.2, -0.15) is 0 Å². The zero-order valence-corrected chi connectivity index (χ0v) is 10.7. The molecule has 1 aliphatic heterocycles. The number of likely N-dealkylation sites (N-methyl/N-ethyl adjacent to an activating group) is 1. The van der Waals surface area contributed by atoms with Crippen LogP contribution < -0.4 is 10.6 Å². The lowest BCUT2D eigenvalue weighted by Crippen LogP contribution is -2.50. The van der Waals surface area contributed by atoms with E-state index >= 15 is 0 Å². The third kappa shape index (κ3) is 3.49. The summed E-state index contributed by atoms with van der Waals surface area (Å²) in [6, 6.07) is 5.16. The molecule has 0 amide bonds. The molecule has 94 valence electrons. The van der Waals surface area contributed by atoms with Crippen molar-refractivity contribution in [1.29, 1.82) is 0 Å². The average Bonchev–Trinajstić information content (AvgIpc) is 2.37. The van der Waals surface area contributed by atoms with Gasteiger partial charge in [0.1, 0.15) is 0 Å². The number of rotatable bonds is 4. The summed E-state index contributed by atoms with van der Waals surface area (Å²) in [6.45, 7) is 3.37. The number of hydrogen-bond donors (Lipinski definition) is 2. The van der Waals surface area contributed by atoms with E-state index in [1.807, 2.05) is 19.4 Å². The van der Waals surface area contributed by atoms with Crippen molar-refractivity contribution in [3.05, 3.63) is 30.1 Å². The molecule has 0 saturated carbocycles. The van der Waals surface area contributed by atoms with E-state index in [1.165, 1.54) is 5.56 Å². The van der Waals surface area contributed by atoms with Crippen LogP contribution in [-0.4, -0.2) is 49.7 Å². The maximum atomic E-state index is 4.07. The second-order valence-corrected chi connectivity index (χ2v) is 4.77. The second-order valence-electron chi connectivity index (χ2n) is 4.77. The Morgan fingerprint density at radius 2 is 2.29 bits per heavy atom. The van der Waals surface area contributed by atoms with Gasteiger partial charge in [-0.15, -0.1) is 0 Å². The van der Waals surface area contributed by atoms with Crippen LogP contribution in [0.1, 0.15) is 18.0 Å². The molecule has 2 rings (SSSR count). The standard InChI is InChI=1S/C13H22N4/c1-14-13(11-3-5-15-6-4-11)9-12-10-17(2)8-7-16-12/h3-6,12-14,16H,7-10H2,1-2H3. The zero-order chi connectivity index (χ0) is 12.1. The average molecular weight is 234 g/mol. The zero-order valence-electron chi connectivity index (χ0n) is 10.7. The van der Waals surface area contributed by atoms with E-state index in [1.54, 1.807) is 0 Å². The summed E-state index contributed by atoms with van der Waals surface area (Å²) in [5, 5.41) is 6.98. The van der Waals surface area contributed by atoms with Gasteiger partial charge in [0, 0.05) is 44.1 Å². The Labute approximate surface area is 103 Å². The molecule has 2 N–H and O–H groups in total. The van der Waals surface area contributed by atoms with Gasteiger partial charge < -0.3 is 15.5 Å². The first-order valence-corrected chi connectivity index (χ1v) is 6.28. The largest absolute Gasteiger partial charge is 0.313 e. The molecular formula is C13H22N4. The van der Waals surface area contributed by atoms with Crippen molar-refractivity contribution in [1.82, 2.24) is 20.5 Å². The third-order valence-electron chi connectivity index (χ3n) is 3.44. The summed E-state index contributed by atoms with van der Waals surface area (Å²) in [5.74, 6) is 0. The molecule has 0 aliphatic carbocycles. The molecule has 1 aliphatic rings. The highest BCUT2D eigenvalue weighted by atomic mass is 15.2. The summed E-state index contributed by atoms with van der Waals surface area (Å²) in [7, 11) is 4.21. The van der Waals surface area contributed by atoms with Gasteiger partial charge in [0.2, 0.25) is 0 Å². The van der Waals surface area contributed by atoms with Crippen molar-refractivity contribution in [3.8, 4) is 0 Å². The highest BCUT2D eigenvalue weighted by molar-refractivity contribution is 5.15. The number of pyridine rings is 1. The van der Waals surface area contributed by atoms with E-state index in [0.29, 0.717) is 12.1 Å². The molecule has 1 aromatic rings. The van der Waals surface area contributed by atoms with Crippen LogP contribution in [0.5, 0.6) is 0 Å². The van der Waals surface area contributed by atoms with E-state index in [0.717, 1.165) is 26.1 Å². The maximum absolute atomic E-state index is 4.07. The van der Waals surface area contributed by atoms with Crippen molar-refractivity contribution >= 4 is 0 Å². The fraction of sp³-hybridized carbons (Fsp3) is 0.615. The Morgan fingerprint density at radius 1 is 1.53 bits per heavy atom. The molecule has 2 unspecified atom stereocenters. The predicted molar refractivity (Wildman–Crippen MR) is 69.9 cm³/mol. The van der Waals surface area contributed by atoms with E-state index < -0.39 is 0 Å². The van der Waals surface area contributed by atoms with Crippen molar-refractivity contribution in [2.45, 2.75) is 18.5 Å². The van der Waals surface area contributed by atoms with Crippen LogP contribution in [0.2, 0.25) is 0 Å². The highest BCUT2D eigenvalue weighted by Crippen LogP contribution is 2.18. The topological polar surface area (TPSA) is 40.2 Å². The number of nitrogens with one attached hydrogen (secondary N) is 2. The number of piperazine rings is 1. The first kappa shape index (κ1) is 12.5. The van der Waals surface area contributed by atoms with E-state index in [2.05, 4.69) is 39.7 Å². The van der Waals surface area contributed by atoms with Gasteiger partial charge >= 0.3 is 0 Å². The fourth-order valence-electron chi connectivity index (χ4n) is 2.45. The Kier molecular flexibility index (Phi) is 4.48. The van der Waals surface area contributed by atoms with Crippen molar-refractivity contribution < 1.29 is 0 Å². The van der Waals surface area contributed by atoms with Crippen molar-refractivity contribution in [2.24, 2.45) is 0 Å². The minimum Gasteiger partial charge on any atom is -0.313 e. The first-order valence-electron chi connectivity index (χ1n) is 6.28. The molecule has 0 bridgehead atoms. The van der Waals surface area contributed by atoms with Gasteiger partial charge in [0.05, 0.1) is 0 Å². The summed E-state index contributed by atoms with van der Waals surface area (Å²) in [5.41, 5.74) is 1.32. The lowest BCUT2D eigenvalue weighted by atomic mass is 9.99. The summed E-state index contributed by atoms with van der Waals surface area (Å²) < 4.78 is 0. The lowest BCUT2D eigenvalue weighted by Gasteiger charge is -2.33. The number of hydrogen-bond acceptors (Lipinski definition) is 4. The van der Waals surface area contributed by atoms with Crippen molar-refractivity contribution in [2.75, 3.05) is 33.7 Å². The molecule has 2 heterocycles. The molecular weight excluding hydrogens is 212 g/mol. The molecule has 2 atom stereocenters. The van der Waals surface area contributed by atoms with Gasteiger partial charge in [-0.25, -0.2) is 0 Å². The lowest BCUT2D eigenvalue weighted by molar-refractivity contribution is 0.222. The van der Waals surface area contributed by atoms with E-state index in [9.17, 15) is 0 Å². The van der Waals surface area contributed by atoms with Crippen LogP contribution in [0.3, 0.4) is 0 Å². The molecule has 17 heavy (non-hydrogen) atoms. The van der Waals surface area contributed by atoms with Crippen LogP contribution in [0.25, 0.3) is 0 Å². The van der Waals surface area contributed by atoms with Gasteiger partial charge in [-0.1, -0.05) is 0 Å². The molecule has 1 fully saturated rings. The van der Waals surface area contributed by atoms with Gasteiger partial charge in [-0.05, 0) is 38.2 Å². The van der Waals surface area contributed by atoms with E-state index in [-0.39, 0.29) is 0 Å². The summed E-state index contributed by atoms with van der Waals surface area (Å²) >= 11 is 0. The molecule has 4 nitrogen and oxygen atoms in total. The first-order chi connectivity index (χ1) is 8.29. The molecule has 1 saturated heterocycles. The molecule has 0 aromatic carbocycles. The second kappa shape index (κ2) is 6.10. The minimum atomic E-state index is 0.405. The maximum Gasteiger partial charge on any atom is 0.0334 e. The number of aromatic nitrogens is 1. The van der Waals surface area contributed by atoms with Crippen LogP contribution in [0.4, 0.5) is 0 Å². The Morgan fingerprint density at radius 3 is 2.94 bits per heavy atom. The van der Waals surface area contributed by atoms with E-state index in [4.69, 9.17) is 0 Å². The van der Waals surface area contributed by atoms with Crippen LogP contribution >= 0.6 is 0 Å². The Hall–Kier alpha value is -0.970. The highest BCUT2D eigenvalue weighted by Gasteiger charge is 2.20. The number of nitrogens with zero attached hydrogens (tertiary/aromatic N) is 2. The van der Waals surface area contributed by atoms with Crippen LogP contribution in [0.15, 0.2) is 24.5 Å². The molecule has 1 aromatic heterocycles. The fourth-order valence-corrected chi connectivity index (χ4v) is 2.45. The Balaban J connectivity index is 1.95. The van der Waals surface area contributed by atoms with Gasteiger partial charge in [-0.3, -0.25) is 4.98 Å². The summed E-state index contributed by atoms with van der Waals surface area (Å²) in [4.78, 5) is 6.46. The molecule has 0 spiro atoms. The smallest absolute Gasteiger partial charge is 0.0334 e. The third-order valence-corrected chi connectivity index (χ3v) is 3.44. The van der Waals surface area contributed by atoms with Gasteiger partial charge in [0.25, 0.3) is 0 Å². The normalized spacial score (nSPS) is 23.5. The van der Waals surface area contributed by atoms with Crippen molar-refractivity contribution in [3.63, 3.8) is 0 Å². The molecule has 0 radical (unpaired) electrons. The monoisotopic (exact) mass is 234 g/mol.